The lowest BCUT2D eigenvalue weighted by molar-refractivity contribution is 0.101. The van der Waals surface area contributed by atoms with Crippen molar-refractivity contribution in [1.82, 2.24) is 19.6 Å². The monoisotopic (exact) mass is 379 g/mol. The molecule has 1 amide bonds. The topological polar surface area (TPSA) is 72.7 Å². The third-order valence-corrected chi connectivity index (χ3v) is 4.32. The van der Waals surface area contributed by atoms with E-state index in [9.17, 15) is 13.6 Å². The number of hydrogen-bond acceptors (Lipinski definition) is 4. The van der Waals surface area contributed by atoms with Gasteiger partial charge >= 0.3 is 0 Å². The van der Waals surface area contributed by atoms with Gasteiger partial charge in [-0.15, -0.1) is 0 Å². The molecule has 0 saturated carbocycles. The molecule has 28 heavy (non-hydrogen) atoms. The van der Waals surface area contributed by atoms with E-state index in [1.807, 2.05) is 0 Å². The van der Waals surface area contributed by atoms with E-state index in [2.05, 4.69) is 20.4 Å². The minimum atomic E-state index is -0.586. The van der Waals surface area contributed by atoms with Gasteiger partial charge in [0.2, 0.25) is 5.95 Å². The zero-order valence-corrected chi connectivity index (χ0v) is 15.1. The van der Waals surface area contributed by atoms with Gasteiger partial charge in [0.15, 0.2) is 5.82 Å². The van der Waals surface area contributed by atoms with E-state index in [0.717, 1.165) is 5.56 Å². The predicted octanol–water partition coefficient (Wildman–Crippen LogP) is 3.77. The molecule has 3 aromatic heterocycles. The summed E-state index contributed by atoms with van der Waals surface area (Å²) in [5, 5.41) is 0. The van der Waals surface area contributed by atoms with Crippen LogP contribution in [0.15, 0.2) is 48.8 Å². The van der Waals surface area contributed by atoms with Gasteiger partial charge in [0, 0.05) is 18.0 Å². The molecule has 1 N–H and O–H groups in total. The molecule has 6 nitrogen and oxygen atoms in total. The standard InChI is InChI=1S/C20H15F2N5O/c1-11-10-27(16-6-7-17(22)25-18(11)16)26-20(28)15-9-23-19(24-12(15)2)13-4-3-5-14(21)8-13/h3-10H,1-2H3,(H,26,28). The fourth-order valence-electron chi connectivity index (χ4n) is 2.96. The SMILES string of the molecule is Cc1nc(-c2cccc(F)c2)ncc1C(=O)Nn1cc(C)c2nc(F)ccc21. The van der Waals surface area contributed by atoms with Crippen LogP contribution in [0.3, 0.4) is 0 Å². The van der Waals surface area contributed by atoms with Crippen LogP contribution in [0.4, 0.5) is 8.78 Å². The molecule has 1 aromatic carbocycles. The molecule has 4 aromatic rings. The molecular weight excluding hydrogens is 364 g/mol. The Morgan fingerprint density at radius 3 is 2.68 bits per heavy atom. The van der Waals surface area contributed by atoms with Crippen molar-refractivity contribution in [3.05, 3.63) is 77.4 Å². The molecule has 0 aliphatic carbocycles. The first-order valence-electron chi connectivity index (χ1n) is 8.47. The highest BCUT2D eigenvalue weighted by Gasteiger charge is 2.15. The maximum absolute atomic E-state index is 13.4. The number of benzene rings is 1. The number of nitrogens with zero attached hydrogens (tertiary/aromatic N) is 4. The van der Waals surface area contributed by atoms with Gasteiger partial charge in [-0.3, -0.25) is 14.9 Å². The van der Waals surface area contributed by atoms with Crippen LogP contribution in [-0.4, -0.2) is 25.5 Å². The van der Waals surface area contributed by atoms with Crippen molar-refractivity contribution in [1.29, 1.82) is 0 Å². The third-order valence-electron chi connectivity index (χ3n) is 4.32. The fourth-order valence-corrected chi connectivity index (χ4v) is 2.96. The summed E-state index contributed by atoms with van der Waals surface area (Å²) in [6.07, 6.45) is 3.06. The molecule has 0 atom stereocenters. The zero-order valence-electron chi connectivity index (χ0n) is 15.1. The van der Waals surface area contributed by atoms with E-state index >= 15 is 0 Å². The van der Waals surface area contributed by atoms with Crippen LogP contribution < -0.4 is 5.43 Å². The Balaban J connectivity index is 1.64. The Kier molecular flexibility index (Phi) is 4.31. The van der Waals surface area contributed by atoms with Gasteiger partial charge in [-0.25, -0.2) is 19.3 Å². The molecule has 8 heteroatoms. The summed E-state index contributed by atoms with van der Waals surface area (Å²) in [7, 11) is 0. The van der Waals surface area contributed by atoms with Gasteiger partial charge in [-0.2, -0.15) is 4.39 Å². The van der Waals surface area contributed by atoms with Crippen LogP contribution in [-0.2, 0) is 0 Å². The number of hydrogen-bond donors (Lipinski definition) is 1. The molecule has 140 valence electrons. The predicted molar refractivity (Wildman–Crippen MR) is 100 cm³/mol. The number of fused-ring (bicyclic) bond motifs is 1. The Bertz CT molecular complexity index is 1220. The van der Waals surface area contributed by atoms with Gasteiger partial charge < -0.3 is 0 Å². The fraction of sp³-hybridized carbons (Fsp3) is 0.100. The maximum atomic E-state index is 13.4. The van der Waals surface area contributed by atoms with Gasteiger partial charge in [0.1, 0.15) is 5.82 Å². The summed E-state index contributed by atoms with van der Waals surface area (Å²) in [4.78, 5) is 25.0. The van der Waals surface area contributed by atoms with Crippen molar-refractivity contribution in [3.8, 4) is 11.4 Å². The van der Waals surface area contributed by atoms with Crippen LogP contribution in [0.5, 0.6) is 0 Å². The Labute approximate surface area is 158 Å². The highest BCUT2D eigenvalue weighted by atomic mass is 19.1. The highest BCUT2D eigenvalue weighted by molar-refractivity contribution is 6.01. The van der Waals surface area contributed by atoms with Crippen molar-refractivity contribution in [2.24, 2.45) is 0 Å². The second kappa shape index (κ2) is 6.80. The smallest absolute Gasteiger partial charge is 0.267 e. The van der Waals surface area contributed by atoms with Crippen LogP contribution in [0.25, 0.3) is 22.4 Å². The van der Waals surface area contributed by atoms with Gasteiger partial charge in [-0.1, -0.05) is 12.1 Å². The number of carbonyl (C=O) groups is 1. The largest absolute Gasteiger partial charge is 0.273 e. The van der Waals surface area contributed by atoms with Crippen molar-refractivity contribution >= 4 is 16.9 Å². The normalized spacial score (nSPS) is 11.0. The first-order valence-corrected chi connectivity index (χ1v) is 8.47. The first-order chi connectivity index (χ1) is 13.4. The summed E-state index contributed by atoms with van der Waals surface area (Å²) in [6.45, 7) is 3.45. The van der Waals surface area contributed by atoms with E-state index in [1.54, 1.807) is 38.2 Å². The molecule has 0 fully saturated rings. The molecule has 0 radical (unpaired) electrons. The molecule has 0 unspecified atom stereocenters. The van der Waals surface area contributed by atoms with Gasteiger partial charge in [-0.05, 0) is 43.7 Å². The molecular formula is C20H15F2N5O. The highest BCUT2D eigenvalue weighted by Crippen LogP contribution is 2.20. The Hall–Kier alpha value is -3.68. The molecule has 0 bridgehead atoms. The number of aryl methyl sites for hydroxylation is 2. The van der Waals surface area contributed by atoms with Crippen molar-refractivity contribution < 1.29 is 13.6 Å². The molecule has 0 aliphatic rings. The first kappa shape index (κ1) is 17.7. The number of nitrogens with one attached hydrogen (secondary N) is 1. The van der Waals surface area contributed by atoms with Gasteiger partial charge in [0.05, 0.1) is 22.3 Å². The third kappa shape index (κ3) is 3.20. The van der Waals surface area contributed by atoms with E-state index in [4.69, 9.17) is 0 Å². The minimum Gasteiger partial charge on any atom is -0.267 e. The summed E-state index contributed by atoms with van der Waals surface area (Å²) >= 11 is 0. The number of rotatable bonds is 3. The Morgan fingerprint density at radius 1 is 1.11 bits per heavy atom. The maximum Gasteiger partial charge on any atom is 0.273 e. The van der Waals surface area contributed by atoms with Crippen molar-refractivity contribution in [2.75, 3.05) is 5.43 Å². The Morgan fingerprint density at radius 2 is 1.93 bits per heavy atom. The summed E-state index contributed by atoms with van der Waals surface area (Å²) in [6, 6.07) is 8.70. The van der Waals surface area contributed by atoms with Crippen LogP contribution in [0.2, 0.25) is 0 Å². The lowest BCUT2D eigenvalue weighted by atomic mass is 10.2. The summed E-state index contributed by atoms with van der Waals surface area (Å²) < 4.78 is 28.3. The van der Waals surface area contributed by atoms with Crippen LogP contribution >= 0.6 is 0 Å². The lowest BCUT2D eigenvalue weighted by Crippen LogP contribution is -2.23. The number of carbonyl (C=O) groups excluding carboxylic acids is 1. The quantitative estimate of drug-likeness (QED) is 0.550. The molecule has 4 rings (SSSR count). The second-order valence-corrected chi connectivity index (χ2v) is 6.33. The van der Waals surface area contributed by atoms with Crippen molar-refractivity contribution in [3.63, 3.8) is 0 Å². The summed E-state index contributed by atoms with van der Waals surface area (Å²) in [5.41, 5.74) is 5.74. The molecule has 0 saturated heterocycles. The summed E-state index contributed by atoms with van der Waals surface area (Å²) in [5.74, 6) is -1.07. The van der Waals surface area contributed by atoms with E-state index < -0.39 is 11.9 Å². The zero-order chi connectivity index (χ0) is 19.8. The van der Waals surface area contributed by atoms with Crippen LogP contribution in [0.1, 0.15) is 21.6 Å². The van der Waals surface area contributed by atoms with E-state index in [-0.39, 0.29) is 11.4 Å². The van der Waals surface area contributed by atoms with E-state index in [0.29, 0.717) is 28.1 Å². The van der Waals surface area contributed by atoms with Gasteiger partial charge in [0.25, 0.3) is 5.91 Å². The van der Waals surface area contributed by atoms with Crippen LogP contribution in [0, 0.1) is 25.6 Å². The second-order valence-electron chi connectivity index (χ2n) is 6.33. The lowest BCUT2D eigenvalue weighted by Gasteiger charge is -2.10. The molecule has 0 spiro atoms. The number of pyridine rings is 1. The number of halogens is 2. The number of amides is 1. The van der Waals surface area contributed by atoms with E-state index in [1.165, 1.54) is 29.1 Å². The van der Waals surface area contributed by atoms with Crippen molar-refractivity contribution in [2.45, 2.75) is 13.8 Å². The number of aromatic nitrogens is 4. The minimum absolute atomic E-state index is 0.273. The molecule has 0 aliphatic heterocycles. The molecule has 3 heterocycles. The average molecular weight is 379 g/mol. The average Bonchev–Trinajstić information content (AvgIpc) is 2.96.